The molecule has 2 rings (SSSR count). The third-order valence-electron chi connectivity index (χ3n) is 3.38. The number of nitrogens with one attached hydrogen (secondary N) is 2. The number of ether oxygens (including phenoxy) is 1. The summed E-state index contributed by atoms with van der Waals surface area (Å²) >= 11 is 0. The molecule has 0 aromatic heterocycles. The van der Waals surface area contributed by atoms with Gasteiger partial charge < -0.3 is 15.4 Å². The van der Waals surface area contributed by atoms with Crippen LogP contribution in [0.3, 0.4) is 0 Å². The van der Waals surface area contributed by atoms with Crippen molar-refractivity contribution in [2.75, 3.05) is 11.9 Å². The van der Waals surface area contributed by atoms with Gasteiger partial charge in [0.2, 0.25) is 5.91 Å². The zero-order valence-electron chi connectivity index (χ0n) is 11.7. The molecule has 0 bridgehead atoms. The maximum absolute atomic E-state index is 12.0. The highest BCUT2D eigenvalue weighted by Gasteiger charge is 2.32. The first-order valence-corrected chi connectivity index (χ1v) is 6.65. The Balaban J connectivity index is 1.91. The molecule has 1 saturated heterocycles. The minimum atomic E-state index is -4.75. The predicted octanol–water partition coefficient (Wildman–Crippen LogP) is 2.09. The lowest BCUT2D eigenvalue weighted by Gasteiger charge is -2.12. The molecule has 1 amide bonds. The van der Waals surface area contributed by atoms with E-state index in [9.17, 15) is 22.8 Å². The van der Waals surface area contributed by atoms with Crippen LogP contribution in [0.4, 0.5) is 18.9 Å². The van der Waals surface area contributed by atoms with Crippen LogP contribution in [0.1, 0.15) is 13.3 Å². The van der Waals surface area contributed by atoms with E-state index in [-0.39, 0.29) is 23.4 Å². The largest absolute Gasteiger partial charge is 0.573 e. The number of rotatable bonds is 4. The lowest BCUT2D eigenvalue weighted by molar-refractivity contribution is -0.274. The average Bonchev–Trinajstić information content (AvgIpc) is 2.89. The Bertz CT molecular complexity index is 557. The van der Waals surface area contributed by atoms with E-state index in [1.807, 2.05) is 0 Å². The molecule has 1 aliphatic heterocycles. The van der Waals surface area contributed by atoms with E-state index in [1.54, 1.807) is 0 Å². The Labute approximate surface area is 124 Å². The molecule has 1 aromatic carbocycles. The van der Waals surface area contributed by atoms with Gasteiger partial charge in [-0.2, -0.15) is 0 Å². The van der Waals surface area contributed by atoms with E-state index in [4.69, 9.17) is 0 Å². The van der Waals surface area contributed by atoms with Crippen LogP contribution in [-0.4, -0.2) is 30.6 Å². The van der Waals surface area contributed by atoms with Gasteiger partial charge in [-0.15, -0.1) is 13.2 Å². The maximum Gasteiger partial charge on any atom is 0.573 e. The minimum Gasteiger partial charge on any atom is -0.406 e. The summed E-state index contributed by atoms with van der Waals surface area (Å²) in [4.78, 5) is 23.2. The fraction of sp³-hybridized carbons (Fsp3) is 0.429. The molecule has 1 fully saturated rings. The van der Waals surface area contributed by atoms with E-state index < -0.39 is 12.4 Å². The van der Waals surface area contributed by atoms with E-state index >= 15 is 0 Å². The van der Waals surface area contributed by atoms with Crippen LogP contribution in [-0.2, 0) is 9.59 Å². The molecular weight excluding hydrogens is 301 g/mol. The second kappa shape index (κ2) is 6.35. The molecule has 0 saturated carbocycles. The molecule has 120 valence electrons. The summed E-state index contributed by atoms with van der Waals surface area (Å²) in [6.07, 6.45) is -4.34. The van der Waals surface area contributed by atoms with Gasteiger partial charge in [0.25, 0.3) is 0 Å². The molecule has 0 aliphatic carbocycles. The average molecular weight is 316 g/mol. The monoisotopic (exact) mass is 316 g/mol. The topological polar surface area (TPSA) is 67.4 Å². The van der Waals surface area contributed by atoms with Crippen molar-refractivity contribution in [3.8, 4) is 5.75 Å². The SMILES string of the molecule is CC(=O)C1CNC(C(=O)Nc2ccc(OC(F)(F)F)cc2)C1. The van der Waals surface area contributed by atoms with Crippen molar-refractivity contribution in [2.24, 2.45) is 5.92 Å². The molecule has 2 unspecified atom stereocenters. The second-order valence-electron chi connectivity index (χ2n) is 5.07. The zero-order chi connectivity index (χ0) is 16.3. The van der Waals surface area contributed by atoms with Gasteiger partial charge in [-0.1, -0.05) is 0 Å². The van der Waals surface area contributed by atoms with Crippen molar-refractivity contribution >= 4 is 17.4 Å². The number of carbonyl (C=O) groups is 2. The van der Waals surface area contributed by atoms with Crippen LogP contribution in [0.15, 0.2) is 24.3 Å². The lowest BCUT2D eigenvalue weighted by Crippen LogP contribution is -2.35. The number of hydrogen-bond acceptors (Lipinski definition) is 4. The van der Waals surface area contributed by atoms with Gasteiger partial charge >= 0.3 is 6.36 Å². The van der Waals surface area contributed by atoms with Crippen LogP contribution < -0.4 is 15.4 Å². The smallest absolute Gasteiger partial charge is 0.406 e. The number of amides is 1. The molecule has 0 radical (unpaired) electrons. The van der Waals surface area contributed by atoms with Gasteiger partial charge in [0.05, 0.1) is 6.04 Å². The van der Waals surface area contributed by atoms with E-state index in [2.05, 4.69) is 15.4 Å². The number of benzene rings is 1. The predicted molar refractivity (Wildman–Crippen MR) is 72.3 cm³/mol. The van der Waals surface area contributed by atoms with Crippen LogP contribution in [0, 0.1) is 5.92 Å². The summed E-state index contributed by atoms with van der Waals surface area (Å²) < 4.78 is 39.8. The summed E-state index contributed by atoms with van der Waals surface area (Å²) in [7, 11) is 0. The molecule has 0 spiro atoms. The number of anilines is 1. The first-order valence-electron chi connectivity index (χ1n) is 6.65. The Morgan fingerprint density at radius 1 is 1.27 bits per heavy atom. The number of carbonyl (C=O) groups excluding carboxylic acids is 2. The van der Waals surface area contributed by atoms with Crippen molar-refractivity contribution in [1.82, 2.24) is 5.32 Å². The maximum atomic E-state index is 12.0. The van der Waals surface area contributed by atoms with Gasteiger partial charge in [-0.25, -0.2) is 0 Å². The van der Waals surface area contributed by atoms with Gasteiger partial charge in [-0.05, 0) is 37.6 Å². The molecule has 1 heterocycles. The third kappa shape index (κ3) is 4.45. The quantitative estimate of drug-likeness (QED) is 0.892. The summed E-state index contributed by atoms with van der Waals surface area (Å²) in [5.74, 6) is -0.843. The number of ketones is 1. The number of hydrogen-bond donors (Lipinski definition) is 2. The molecule has 1 aromatic rings. The Morgan fingerprint density at radius 2 is 1.91 bits per heavy atom. The summed E-state index contributed by atoms with van der Waals surface area (Å²) in [5, 5.41) is 5.53. The Morgan fingerprint density at radius 3 is 2.41 bits per heavy atom. The van der Waals surface area contributed by atoms with E-state index in [1.165, 1.54) is 19.1 Å². The molecular formula is C14H15F3N2O3. The zero-order valence-corrected chi connectivity index (χ0v) is 11.7. The van der Waals surface area contributed by atoms with Crippen molar-refractivity contribution in [2.45, 2.75) is 25.7 Å². The molecule has 5 nitrogen and oxygen atoms in total. The highest BCUT2D eigenvalue weighted by molar-refractivity contribution is 5.95. The van der Waals surface area contributed by atoms with Gasteiger partial charge in [0.1, 0.15) is 11.5 Å². The van der Waals surface area contributed by atoms with Crippen molar-refractivity contribution in [3.63, 3.8) is 0 Å². The summed E-state index contributed by atoms with van der Waals surface area (Å²) in [6.45, 7) is 1.93. The van der Waals surface area contributed by atoms with E-state index in [0.29, 0.717) is 18.7 Å². The van der Waals surface area contributed by atoms with Crippen molar-refractivity contribution in [1.29, 1.82) is 0 Å². The van der Waals surface area contributed by atoms with Gasteiger partial charge in [0.15, 0.2) is 0 Å². The summed E-state index contributed by atoms with van der Waals surface area (Å²) in [6, 6.07) is 4.37. The molecule has 1 aliphatic rings. The van der Waals surface area contributed by atoms with Crippen LogP contribution in [0.5, 0.6) is 5.75 Å². The molecule has 22 heavy (non-hydrogen) atoms. The Kier molecular flexibility index (Phi) is 4.70. The van der Waals surface area contributed by atoms with E-state index in [0.717, 1.165) is 12.1 Å². The van der Waals surface area contributed by atoms with Gasteiger partial charge in [0, 0.05) is 18.2 Å². The summed E-state index contributed by atoms with van der Waals surface area (Å²) in [5.41, 5.74) is 0.354. The second-order valence-corrected chi connectivity index (χ2v) is 5.07. The number of halogens is 3. The number of alkyl halides is 3. The fourth-order valence-electron chi connectivity index (χ4n) is 2.21. The van der Waals surface area contributed by atoms with Crippen molar-refractivity contribution in [3.05, 3.63) is 24.3 Å². The normalized spacial score (nSPS) is 21.5. The lowest BCUT2D eigenvalue weighted by atomic mass is 10.0. The van der Waals surface area contributed by atoms with Crippen molar-refractivity contribution < 1.29 is 27.5 Å². The van der Waals surface area contributed by atoms with Crippen LogP contribution in [0.2, 0.25) is 0 Å². The van der Waals surface area contributed by atoms with Crippen LogP contribution in [0.25, 0.3) is 0 Å². The number of Topliss-reactive ketones (excluding diaryl/α,β-unsaturated/α-hetero) is 1. The third-order valence-corrected chi connectivity index (χ3v) is 3.38. The Hall–Kier alpha value is -2.09. The standard InChI is InChI=1S/C14H15F3N2O3/c1-8(20)9-6-12(18-7-9)13(21)19-10-2-4-11(5-3-10)22-14(15,16)17/h2-5,9,12,18H,6-7H2,1H3,(H,19,21). The van der Waals surface area contributed by atoms with Crippen LogP contribution >= 0.6 is 0 Å². The fourth-order valence-corrected chi connectivity index (χ4v) is 2.21. The molecule has 2 N–H and O–H groups in total. The minimum absolute atomic E-state index is 0.0245. The molecule has 2 atom stereocenters. The van der Waals surface area contributed by atoms with Gasteiger partial charge in [-0.3, -0.25) is 9.59 Å². The molecule has 8 heteroatoms. The highest BCUT2D eigenvalue weighted by atomic mass is 19.4. The first kappa shape index (κ1) is 16.3. The first-order chi connectivity index (χ1) is 10.2. The highest BCUT2D eigenvalue weighted by Crippen LogP contribution is 2.24.